The fraction of sp³-hybridized carbons (Fsp3) is 0.118. The maximum absolute atomic E-state index is 4.16. The van der Waals surface area contributed by atoms with Crippen LogP contribution in [0, 0.1) is 6.92 Å². The highest BCUT2D eigenvalue weighted by atomic mass is 79.9. The van der Waals surface area contributed by atoms with Crippen molar-refractivity contribution in [2.75, 3.05) is 5.32 Å². The predicted molar refractivity (Wildman–Crippen MR) is 87.9 cm³/mol. The summed E-state index contributed by atoms with van der Waals surface area (Å²) in [5, 5.41) is 5.86. The molecule has 0 amide bonds. The summed E-state index contributed by atoms with van der Waals surface area (Å²) in [5.74, 6) is 0. The Morgan fingerprint density at radius 2 is 2.05 bits per heavy atom. The highest BCUT2D eigenvalue weighted by molar-refractivity contribution is 9.10. The molecule has 1 aromatic heterocycles. The quantitative estimate of drug-likeness (QED) is 0.739. The lowest BCUT2D eigenvalue weighted by molar-refractivity contribution is 1.14. The summed E-state index contributed by atoms with van der Waals surface area (Å²) >= 11 is 3.62. The Labute approximate surface area is 127 Å². The van der Waals surface area contributed by atoms with E-state index in [-0.39, 0.29) is 0 Å². The second-order valence-electron chi connectivity index (χ2n) is 4.85. The first-order valence-corrected chi connectivity index (χ1v) is 7.35. The Kier molecular flexibility index (Phi) is 3.70. The molecule has 100 valence electrons. The predicted octanol–water partition coefficient (Wildman–Crippen LogP) is 4.92. The molecule has 0 aliphatic carbocycles. The molecule has 0 saturated heterocycles. The summed E-state index contributed by atoms with van der Waals surface area (Å²) in [5.41, 5.74) is 3.65. The van der Waals surface area contributed by atoms with E-state index in [4.69, 9.17) is 0 Å². The Balaban J connectivity index is 1.87. The molecule has 3 heteroatoms. The number of pyridine rings is 1. The normalized spacial score (nSPS) is 10.7. The molecular weight excluding hydrogens is 312 g/mol. The van der Waals surface area contributed by atoms with Gasteiger partial charge in [0, 0.05) is 39.9 Å². The zero-order chi connectivity index (χ0) is 13.9. The summed E-state index contributed by atoms with van der Waals surface area (Å²) in [4.78, 5) is 4.16. The van der Waals surface area contributed by atoms with Crippen molar-refractivity contribution >= 4 is 32.4 Å². The van der Waals surface area contributed by atoms with Gasteiger partial charge in [0.05, 0.1) is 0 Å². The maximum Gasteiger partial charge on any atom is 0.0423 e. The van der Waals surface area contributed by atoms with Crippen LogP contribution in [0.5, 0.6) is 0 Å². The molecule has 20 heavy (non-hydrogen) atoms. The van der Waals surface area contributed by atoms with E-state index in [1.807, 2.05) is 18.5 Å². The Morgan fingerprint density at radius 3 is 2.90 bits per heavy atom. The van der Waals surface area contributed by atoms with E-state index < -0.39 is 0 Å². The van der Waals surface area contributed by atoms with Crippen molar-refractivity contribution in [1.29, 1.82) is 0 Å². The number of fused-ring (bicyclic) bond motifs is 1. The van der Waals surface area contributed by atoms with Crippen LogP contribution < -0.4 is 5.32 Å². The molecule has 0 fully saturated rings. The Hall–Kier alpha value is -1.87. The highest BCUT2D eigenvalue weighted by Crippen LogP contribution is 2.24. The molecular formula is C17H15BrN2. The van der Waals surface area contributed by atoms with E-state index in [9.17, 15) is 0 Å². The van der Waals surface area contributed by atoms with Crippen molar-refractivity contribution in [3.8, 4) is 0 Å². The molecule has 0 aliphatic heterocycles. The Morgan fingerprint density at radius 1 is 1.15 bits per heavy atom. The Bertz CT molecular complexity index is 748. The second kappa shape index (κ2) is 5.63. The van der Waals surface area contributed by atoms with Crippen LogP contribution in [-0.2, 0) is 6.54 Å². The van der Waals surface area contributed by atoms with Crippen LogP contribution in [0.3, 0.4) is 0 Å². The van der Waals surface area contributed by atoms with E-state index in [1.54, 1.807) is 0 Å². The topological polar surface area (TPSA) is 24.9 Å². The monoisotopic (exact) mass is 326 g/mol. The number of hydrogen-bond acceptors (Lipinski definition) is 2. The van der Waals surface area contributed by atoms with Gasteiger partial charge in [-0.3, -0.25) is 4.98 Å². The summed E-state index contributed by atoms with van der Waals surface area (Å²) in [6.07, 6.45) is 3.72. The third-order valence-electron chi connectivity index (χ3n) is 3.36. The van der Waals surface area contributed by atoms with Crippen LogP contribution in [0.2, 0.25) is 0 Å². The van der Waals surface area contributed by atoms with Gasteiger partial charge >= 0.3 is 0 Å². The van der Waals surface area contributed by atoms with Gasteiger partial charge in [-0.15, -0.1) is 0 Å². The third-order valence-corrected chi connectivity index (χ3v) is 4.10. The third kappa shape index (κ3) is 2.68. The zero-order valence-electron chi connectivity index (χ0n) is 11.2. The SMILES string of the molecule is Cc1ccc(CNc2cccc3cnccc23)c(Br)c1. The van der Waals surface area contributed by atoms with Crippen molar-refractivity contribution in [3.63, 3.8) is 0 Å². The second-order valence-corrected chi connectivity index (χ2v) is 5.71. The van der Waals surface area contributed by atoms with Crippen molar-refractivity contribution in [3.05, 3.63) is 70.5 Å². The minimum absolute atomic E-state index is 0.794. The van der Waals surface area contributed by atoms with Crippen LogP contribution in [0.25, 0.3) is 10.8 Å². The van der Waals surface area contributed by atoms with E-state index >= 15 is 0 Å². The number of hydrogen-bond donors (Lipinski definition) is 1. The number of aromatic nitrogens is 1. The molecule has 1 N–H and O–H groups in total. The molecule has 0 unspecified atom stereocenters. The van der Waals surface area contributed by atoms with E-state index in [2.05, 4.69) is 69.6 Å². The first kappa shape index (κ1) is 13.1. The number of rotatable bonds is 3. The zero-order valence-corrected chi connectivity index (χ0v) is 12.8. The number of halogens is 1. The first-order chi connectivity index (χ1) is 9.74. The molecule has 2 aromatic carbocycles. The van der Waals surface area contributed by atoms with E-state index in [0.717, 1.165) is 22.1 Å². The van der Waals surface area contributed by atoms with Crippen LogP contribution in [0.1, 0.15) is 11.1 Å². The lowest BCUT2D eigenvalue weighted by Gasteiger charge is -2.11. The maximum atomic E-state index is 4.16. The van der Waals surface area contributed by atoms with Gasteiger partial charge in [0.2, 0.25) is 0 Å². The van der Waals surface area contributed by atoms with Gasteiger partial charge in [0.25, 0.3) is 0 Å². The van der Waals surface area contributed by atoms with Crippen molar-refractivity contribution in [2.45, 2.75) is 13.5 Å². The molecule has 3 aromatic rings. The van der Waals surface area contributed by atoms with Crippen LogP contribution >= 0.6 is 15.9 Å². The standard InChI is InChI=1S/C17H15BrN2/c1-12-5-6-14(16(18)9-12)11-20-17-4-2-3-13-10-19-8-7-15(13)17/h2-10,20H,11H2,1H3. The van der Waals surface area contributed by atoms with Crippen molar-refractivity contribution in [1.82, 2.24) is 4.98 Å². The molecule has 0 saturated carbocycles. The lowest BCUT2D eigenvalue weighted by Crippen LogP contribution is -2.01. The van der Waals surface area contributed by atoms with Crippen LogP contribution in [0.4, 0.5) is 5.69 Å². The fourth-order valence-corrected chi connectivity index (χ4v) is 2.90. The summed E-state index contributed by atoms with van der Waals surface area (Å²) < 4.78 is 1.15. The van der Waals surface area contributed by atoms with Crippen LogP contribution in [0.15, 0.2) is 59.3 Å². The van der Waals surface area contributed by atoms with E-state index in [1.165, 1.54) is 16.5 Å². The van der Waals surface area contributed by atoms with Gasteiger partial charge in [0.15, 0.2) is 0 Å². The number of anilines is 1. The fourth-order valence-electron chi connectivity index (χ4n) is 2.26. The van der Waals surface area contributed by atoms with Crippen molar-refractivity contribution < 1.29 is 0 Å². The first-order valence-electron chi connectivity index (χ1n) is 6.56. The van der Waals surface area contributed by atoms with Gasteiger partial charge in [-0.25, -0.2) is 0 Å². The molecule has 0 aliphatic rings. The smallest absolute Gasteiger partial charge is 0.0423 e. The highest BCUT2D eigenvalue weighted by Gasteiger charge is 2.03. The van der Waals surface area contributed by atoms with Gasteiger partial charge in [-0.05, 0) is 36.2 Å². The lowest BCUT2D eigenvalue weighted by atomic mass is 10.1. The molecule has 0 radical (unpaired) electrons. The van der Waals surface area contributed by atoms with Crippen LogP contribution in [-0.4, -0.2) is 4.98 Å². The van der Waals surface area contributed by atoms with Gasteiger partial charge < -0.3 is 5.32 Å². The molecule has 1 heterocycles. The summed E-state index contributed by atoms with van der Waals surface area (Å²) in [6.45, 7) is 2.89. The van der Waals surface area contributed by atoms with E-state index in [0.29, 0.717) is 0 Å². The largest absolute Gasteiger partial charge is 0.380 e. The van der Waals surface area contributed by atoms with Crippen molar-refractivity contribution in [2.24, 2.45) is 0 Å². The van der Waals surface area contributed by atoms with Gasteiger partial charge in [-0.2, -0.15) is 0 Å². The summed E-state index contributed by atoms with van der Waals surface area (Å²) in [7, 11) is 0. The number of benzene rings is 2. The number of nitrogens with one attached hydrogen (secondary N) is 1. The molecule has 0 atom stereocenters. The minimum atomic E-state index is 0.794. The average Bonchev–Trinajstić information content (AvgIpc) is 2.46. The molecule has 0 spiro atoms. The summed E-state index contributed by atoms with van der Waals surface area (Å²) in [6, 6.07) is 14.7. The van der Waals surface area contributed by atoms with Gasteiger partial charge in [0.1, 0.15) is 0 Å². The molecule has 3 rings (SSSR count). The van der Waals surface area contributed by atoms with Gasteiger partial charge in [-0.1, -0.05) is 40.2 Å². The molecule has 0 bridgehead atoms. The molecule has 2 nitrogen and oxygen atoms in total. The number of nitrogens with zero attached hydrogens (tertiary/aromatic N) is 1. The number of aryl methyl sites for hydroxylation is 1. The minimum Gasteiger partial charge on any atom is -0.380 e. The average molecular weight is 327 g/mol.